The van der Waals surface area contributed by atoms with E-state index in [0.29, 0.717) is 17.5 Å². The van der Waals surface area contributed by atoms with Crippen molar-refractivity contribution in [2.24, 2.45) is 0 Å². The zero-order valence-electron chi connectivity index (χ0n) is 13.8. The molecule has 0 spiro atoms. The number of halogens is 1. The Labute approximate surface area is 139 Å². The van der Waals surface area contributed by atoms with E-state index >= 15 is 0 Å². The maximum Gasteiger partial charge on any atom is 0.203 e. The third-order valence-corrected chi connectivity index (χ3v) is 4.10. The molecule has 1 heterocycles. The molecule has 0 aromatic heterocycles. The zero-order chi connectivity index (χ0) is 15.2. The summed E-state index contributed by atoms with van der Waals surface area (Å²) < 4.78 is 16.4. The topological polar surface area (TPSA) is 43.0 Å². The minimum atomic E-state index is 0. The van der Waals surface area contributed by atoms with Gasteiger partial charge in [-0.3, -0.25) is 4.90 Å². The Morgan fingerprint density at radius 3 is 2.45 bits per heavy atom. The van der Waals surface area contributed by atoms with Gasteiger partial charge in [-0.15, -0.1) is 12.4 Å². The summed E-state index contributed by atoms with van der Waals surface area (Å²) in [5, 5.41) is 3.28. The van der Waals surface area contributed by atoms with Crippen LogP contribution in [0.5, 0.6) is 17.2 Å². The van der Waals surface area contributed by atoms with E-state index in [-0.39, 0.29) is 12.4 Å². The molecule has 0 aliphatic carbocycles. The van der Waals surface area contributed by atoms with Crippen molar-refractivity contribution in [3.05, 3.63) is 17.7 Å². The van der Waals surface area contributed by atoms with Gasteiger partial charge in [0.15, 0.2) is 11.5 Å². The Kier molecular flexibility index (Phi) is 7.79. The van der Waals surface area contributed by atoms with Crippen LogP contribution >= 0.6 is 12.4 Å². The lowest BCUT2D eigenvalue weighted by Crippen LogP contribution is -2.36. The largest absolute Gasteiger partial charge is 0.493 e. The SMILES string of the molecule is CNCC1CCCN1Cc1ccc(OC)c(OC)c1OC.Cl. The molecule has 1 aromatic carbocycles. The first-order valence-electron chi connectivity index (χ1n) is 7.41. The van der Waals surface area contributed by atoms with Gasteiger partial charge in [-0.2, -0.15) is 0 Å². The first kappa shape index (κ1) is 18.9. The van der Waals surface area contributed by atoms with E-state index in [0.717, 1.165) is 30.9 Å². The normalized spacial score (nSPS) is 17.9. The molecule has 22 heavy (non-hydrogen) atoms. The van der Waals surface area contributed by atoms with E-state index in [1.165, 1.54) is 12.8 Å². The van der Waals surface area contributed by atoms with Gasteiger partial charge in [-0.25, -0.2) is 0 Å². The Hall–Kier alpha value is -1.17. The quantitative estimate of drug-likeness (QED) is 0.831. The van der Waals surface area contributed by atoms with Gasteiger partial charge in [0.1, 0.15) is 0 Å². The Morgan fingerprint density at radius 1 is 1.14 bits per heavy atom. The molecule has 1 atom stereocenters. The number of benzene rings is 1. The van der Waals surface area contributed by atoms with Crippen LogP contribution in [0.3, 0.4) is 0 Å². The molecular formula is C16H27ClN2O3. The molecule has 1 aliphatic heterocycles. The van der Waals surface area contributed by atoms with Gasteiger partial charge in [0.05, 0.1) is 21.3 Å². The highest BCUT2D eigenvalue weighted by atomic mass is 35.5. The molecule has 1 saturated heterocycles. The van der Waals surface area contributed by atoms with E-state index in [1.54, 1.807) is 21.3 Å². The first-order valence-corrected chi connectivity index (χ1v) is 7.41. The second-order valence-corrected chi connectivity index (χ2v) is 5.32. The van der Waals surface area contributed by atoms with Crippen molar-refractivity contribution < 1.29 is 14.2 Å². The Balaban J connectivity index is 0.00000242. The number of hydrogen-bond donors (Lipinski definition) is 1. The first-order chi connectivity index (χ1) is 10.2. The van der Waals surface area contributed by atoms with Crippen LogP contribution in [0.4, 0.5) is 0 Å². The number of likely N-dealkylation sites (tertiary alicyclic amines) is 1. The zero-order valence-corrected chi connectivity index (χ0v) is 14.7. The highest BCUT2D eigenvalue weighted by Crippen LogP contribution is 2.40. The van der Waals surface area contributed by atoms with Gasteiger partial charge in [-0.1, -0.05) is 6.07 Å². The number of ether oxygens (including phenoxy) is 3. The second-order valence-electron chi connectivity index (χ2n) is 5.32. The maximum absolute atomic E-state index is 5.57. The lowest BCUT2D eigenvalue weighted by atomic mass is 10.1. The van der Waals surface area contributed by atoms with Crippen molar-refractivity contribution in [1.29, 1.82) is 0 Å². The summed E-state index contributed by atoms with van der Waals surface area (Å²) in [6.45, 7) is 3.02. The number of hydrogen-bond acceptors (Lipinski definition) is 5. The average molecular weight is 331 g/mol. The molecule has 0 radical (unpaired) electrons. The van der Waals surface area contributed by atoms with Crippen LogP contribution in [-0.2, 0) is 6.54 Å². The number of methoxy groups -OCH3 is 3. The summed E-state index contributed by atoms with van der Waals surface area (Å²) in [5.41, 5.74) is 1.14. The van der Waals surface area contributed by atoms with Crippen molar-refractivity contribution in [2.75, 3.05) is 41.5 Å². The van der Waals surface area contributed by atoms with Crippen LogP contribution in [0.15, 0.2) is 12.1 Å². The molecule has 5 nitrogen and oxygen atoms in total. The van der Waals surface area contributed by atoms with Crippen LogP contribution in [0, 0.1) is 0 Å². The molecule has 1 aliphatic rings. The summed E-state index contributed by atoms with van der Waals surface area (Å²) in [4.78, 5) is 2.50. The number of nitrogens with one attached hydrogen (secondary N) is 1. The standard InChI is InChI=1S/C16H26N2O3.ClH/c1-17-10-13-6-5-9-18(13)11-12-7-8-14(19-2)16(21-4)15(12)20-3;/h7-8,13,17H,5-6,9-11H2,1-4H3;1H. The summed E-state index contributed by atoms with van der Waals surface area (Å²) in [7, 11) is 6.97. The fourth-order valence-electron chi connectivity index (χ4n) is 3.08. The lowest BCUT2D eigenvalue weighted by Gasteiger charge is -2.25. The summed E-state index contributed by atoms with van der Waals surface area (Å²) >= 11 is 0. The minimum absolute atomic E-state index is 0. The molecule has 126 valence electrons. The summed E-state index contributed by atoms with van der Waals surface area (Å²) in [6, 6.07) is 4.60. The van der Waals surface area contributed by atoms with Crippen molar-refractivity contribution >= 4 is 12.4 Å². The van der Waals surface area contributed by atoms with Crippen molar-refractivity contribution in [3.8, 4) is 17.2 Å². The molecular weight excluding hydrogens is 304 g/mol. The van der Waals surface area contributed by atoms with Crippen LogP contribution in [0.1, 0.15) is 18.4 Å². The smallest absolute Gasteiger partial charge is 0.203 e. The fraction of sp³-hybridized carbons (Fsp3) is 0.625. The number of likely N-dealkylation sites (N-methyl/N-ethyl adjacent to an activating group) is 1. The molecule has 2 rings (SSSR count). The van der Waals surface area contributed by atoms with Crippen LogP contribution in [0.25, 0.3) is 0 Å². The number of rotatable bonds is 7. The predicted octanol–water partition coefficient (Wildman–Crippen LogP) is 2.32. The van der Waals surface area contributed by atoms with E-state index in [2.05, 4.69) is 16.3 Å². The third kappa shape index (κ3) is 3.97. The van der Waals surface area contributed by atoms with Crippen molar-refractivity contribution in [3.63, 3.8) is 0 Å². The van der Waals surface area contributed by atoms with Gasteiger partial charge in [0, 0.05) is 24.7 Å². The molecule has 1 aromatic rings. The van der Waals surface area contributed by atoms with E-state index < -0.39 is 0 Å². The molecule has 6 heteroatoms. The van der Waals surface area contributed by atoms with Crippen LogP contribution in [-0.4, -0.2) is 52.4 Å². The van der Waals surface area contributed by atoms with Gasteiger partial charge >= 0.3 is 0 Å². The maximum atomic E-state index is 5.57. The average Bonchev–Trinajstić information content (AvgIpc) is 2.94. The van der Waals surface area contributed by atoms with Crippen LogP contribution in [0.2, 0.25) is 0 Å². The van der Waals surface area contributed by atoms with Crippen LogP contribution < -0.4 is 19.5 Å². The highest BCUT2D eigenvalue weighted by Gasteiger charge is 2.26. The molecule has 1 fully saturated rings. The molecule has 0 bridgehead atoms. The van der Waals surface area contributed by atoms with Gasteiger partial charge in [0.25, 0.3) is 0 Å². The van der Waals surface area contributed by atoms with Gasteiger partial charge in [-0.05, 0) is 32.5 Å². The van der Waals surface area contributed by atoms with Gasteiger partial charge in [0.2, 0.25) is 5.75 Å². The highest BCUT2D eigenvalue weighted by molar-refractivity contribution is 5.85. The van der Waals surface area contributed by atoms with Gasteiger partial charge < -0.3 is 19.5 Å². The van der Waals surface area contributed by atoms with E-state index in [9.17, 15) is 0 Å². The Morgan fingerprint density at radius 2 is 1.86 bits per heavy atom. The van der Waals surface area contributed by atoms with Crippen molar-refractivity contribution in [1.82, 2.24) is 10.2 Å². The fourth-order valence-corrected chi connectivity index (χ4v) is 3.08. The van der Waals surface area contributed by atoms with Crippen molar-refractivity contribution in [2.45, 2.75) is 25.4 Å². The van der Waals surface area contributed by atoms with E-state index in [1.807, 2.05) is 13.1 Å². The molecule has 0 saturated carbocycles. The molecule has 1 N–H and O–H groups in total. The van der Waals surface area contributed by atoms with E-state index in [4.69, 9.17) is 14.2 Å². The molecule has 0 amide bonds. The monoisotopic (exact) mass is 330 g/mol. The summed E-state index contributed by atoms with van der Waals surface area (Å²) in [5.74, 6) is 2.14. The summed E-state index contributed by atoms with van der Waals surface area (Å²) in [6.07, 6.45) is 2.50. The number of nitrogens with zero attached hydrogens (tertiary/aromatic N) is 1. The lowest BCUT2D eigenvalue weighted by molar-refractivity contribution is 0.236. The predicted molar refractivity (Wildman–Crippen MR) is 90.7 cm³/mol. The third-order valence-electron chi connectivity index (χ3n) is 4.10. The second kappa shape index (κ2) is 9.08. The minimum Gasteiger partial charge on any atom is -0.493 e. The Bertz CT molecular complexity index is 471. The molecule has 1 unspecified atom stereocenters.